The van der Waals surface area contributed by atoms with E-state index in [1.54, 1.807) is 0 Å². The van der Waals surface area contributed by atoms with E-state index in [9.17, 15) is 0 Å². The number of fused-ring (bicyclic) bond motifs is 14. The number of benzene rings is 9. The lowest BCUT2D eigenvalue weighted by molar-refractivity contribution is 0.669. The maximum Gasteiger partial charge on any atom is 0.145 e. The molecule has 0 bridgehead atoms. The van der Waals surface area contributed by atoms with E-state index in [1.807, 2.05) is 0 Å². The van der Waals surface area contributed by atoms with E-state index in [2.05, 4.69) is 230 Å². The maximum atomic E-state index is 7.28. The summed E-state index contributed by atoms with van der Waals surface area (Å²) in [6.07, 6.45) is 6.88. The van der Waals surface area contributed by atoms with Crippen molar-refractivity contribution in [3.63, 3.8) is 0 Å². The summed E-state index contributed by atoms with van der Waals surface area (Å²) in [5.41, 5.74) is 20.6. The van der Waals surface area contributed by atoms with Gasteiger partial charge >= 0.3 is 0 Å². The Hall–Kier alpha value is -7.62. The van der Waals surface area contributed by atoms with E-state index >= 15 is 0 Å². The maximum absolute atomic E-state index is 7.28. The second kappa shape index (κ2) is 16.4. The number of hydrogen-bond acceptors (Lipinski definition) is 3. The molecule has 10 aromatic rings. The van der Waals surface area contributed by atoms with Crippen molar-refractivity contribution in [1.29, 1.82) is 0 Å². The van der Waals surface area contributed by atoms with E-state index in [0.717, 1.165) is 74.5 Å². The van der Waals surface area contributed by atoms with Crippen molar-refractivity contribution in [2.45, 2.75) is 57.8 Å². The molecule has 0 saturated heterocycles. The fourth-order valence-electron chi connectivity index (χ4n) is 11.2. The van der Waals surface area contributed by atoms with Crippen molar-refractivity contribution in [3.05, 3.63) is 240 Å². The molecule has 3 heteroatoms. The van der Waals surface area contributed by atoms with Crippen LogP contribution < -0.4 is 9.80 Å². The Kier molecular flexibility index (Phi) is 9.94. The number of rotatable bonds is 12. The van der Waals surface area contributed by atoms with Gasteiger partial charge in [0.15, 0.2) is 0 Å². The highest BCUT2D eigenvalue weighted by molar-refractivity contribution is 6.20. The highest BCUT2D eigenvalue weighted by atomic mass is 16.3. The fraction of sp³-hybridized carbons (Fsp3) is 0.143. The van der Waals surface area contributed by atoms with Crippen LogP contribution in [-0.2, 0) is 18.3 Å². The van der Waals surface area contributed by atoms with Gasteiger partial charge in [-0.15, -0.1) is 0 Å². The van der Waals surface area contributed by atoms with Gasteiger partial charge in [0.25, 0.3) is 0 Å². The Morgan fingerprint density at radius 3 is 1.52 bits per heavy atom. The summed E-state index contributed by atoms with van der Waals surface area (Å²) < 4.78 is 7.28. The van der Waals surface area contributed by atoms with Crippen LogP contribution in [0.1, 0.15) is 72.9 Å². The molecule has 1 heterocycles. The molecule has 0 saturated carbocycles. The largest absolute Gasteiger partial charge is 0.455 e. The van der Waals surface area contributed by atoms with Gasteiger partial charge in [0.2, 0.25) is 0 Å². The summed E-state index contributed by atoms with van der Waals surface area (Å²) in [4.78, 5) is 4.89. The van der Waals surface area contributed by atoms with Crippen LogP contribution in [0.5, 0.6) is 0 Å². The van der Waals surface area contributed by atoms with Gasteiger partial charge in [0, 0.05) is 39.4 Å². The summed E-state index contributed by atoms with van der Waals surface area (Å²) in [5, 5.41) is 2.22. The number of anilines is 6. The molecule has 3 nitrogen and oxygen atoms in total. The Balaban J connectivity index is 1.17. The first kappa shape index (κ1) is 39.9. The van der Waals surface area contributed by atoms with Crippen molar-refractivity contribution in [2.75, 3.05) is 9.80 Å². The smallest absolute Gasteiger partial charge is 0.145 e. The molecular weight excluding hydrogens is 801 g/mol. The van der Waals surface area contributed by atoms with E-state index in [-0.39, 0.29) is 0 Å². The Labute approximate surface area is 388 Å². The zero-order chi connectivity index (χ0) is 44.2. The number of unbranched alkanes of at least 4 members (excludes halogenated alkanes) is 2. The molecule has 9 aromatic carbocycles. The molecule has 0 unspecified atom stereocenters. The first-order valence-electron chi connectivity index (χ1n) is 23.9. The van der Waals surface area contributed by atoms with Gasteiger partial charge in [-0.05, 0) is 149 Å². The molecule has 1 aromatic heterocycles. The molecule has 2 aliphatic carbocycles. The van der Waals surface area contributed by atoms with Gasteiger partial charge in [-0.3, -0.25) is 0 Å². The van der Waals surface area contributed by atoms with E-state index in [4.69, 9.17) is 4.42 Å². The predicted octanol–water partition coefficient (Wildman–Crippen LogP) is 17.6. The normalized spacial score (nSPS) is 12.9. The molecule has 0 amide bonds. The van der Waals surface area contributed by atoms with Crippen LogP contribution in [0.4, 0.5) is 34.1 Å². The highest BCUT2D eigenvalue weighted by Crippen LogP contribution is 2.66. The lowest BCUT2D eigenvalue weighted by Gasteiger charge is -2.33. The van der Waals surface area contributed by atoms with Crippen molar-refractivity contribution >= 4 is 56.1 Å². The van der Waals surface area contributed by atoms with E-state index < -0.39 is 5.41 Å². The summed E-state index contributed by atoms with van der Waals surface area (Å²) in [6.45, 7) is 4.52. The zero-order valence-corrected chi connectivity index (χ0v) is 37.7. The predicted molar refractivity (Wildman–Crippen MR) is 277 cm³/mol. The van der Waals surface area contributed by atoms with Gasteiger partial charge < -0.3 is 14.2 Å². The summed E-state index contributed by atoms with van der Waals surface area (Å²) in [7, 11) is 0. The van der Waals surface area contributed by atoms with Crippen molar-refractivity contribution in [3.8, 4) is 22.3 Å². The molecule has 320 valence electrons. The molecule has 0 N–H and O–H groups in total. The van der Waals surface area contributed by atoms with Gasteiger partial charge in [0.1, 0.15) is 11.2 Å². The summed E-state index contributed by atoms with van der Waals surface area (Å²) in [5.74, 6) is 0. The molecule has 66 heavy (non-hydrogen) atoms. The topological polar surface area (TPSA) is 19.6 Å². The first-order valence-corrected chi connectivity index (χ1v) is 23.9. The molecule has 0 fully saturated rings. The third-order valence-corrected chi connectivity index (χ3v) is 14.2. The van der Waals surface area contributed by atoms with E-state index in [0.29, 0.717) is 0 Å². The Morgan fingerprint density at radius 1 is 0.409 bits per heavy atom. The van der Waals surface area contributed by atoms with Crippen molar-refractivity contribution in [1.82, 2.24) is 0 Å². The highest BCUT2D eigenvalue weighted by Gasteiger charge is 2.53. The van der Waals surface area contributed by atoms with Crippen LogP contribution in [0, 0.1) is 0 Å². The SMILES string of the molecule is CCCCc1ccc(N(c2ccccc2)c2ccc3c(c2)C2(c4ccccc4-c4ccccc42)c2cc(N(c4ccccc4)c4ccc(CCCC)cc4)c4c(oc5ccccc54)c2-3)cc1. The number of hydrogen-bond donors (Lipinski definition) is 0. The monoisotopic (exact) mass is 852 g/mol. The molecular formula is C63H52N2O. The van der Waals surface area contributed by atoms with Crippen LogP contribution >= 0.6 is 0 Å². The fourth-order valence-corrected chi connectivity index (χ4v) is 11.2. The first-order chi connectivity index (χ1) is 32.7. The molecule has 2 aliphatic rings. The van der Waals surface area contributed by atoms with Crippen LogP contribution in [0.15, 0.2) is 211 Å². The number of nitrogens with zero attached hydrogens (tertiary/aromatic N) is 2. The molecule has 0 radical (unpaired) electrons. The molecule has 0 atom stereocenters. The number of para-hydroxylation sites is 3. The molecule has 12 rings (SSSR count). The third-order valence-electron chi connectivity index (χ3n) is 14.2. The lowest BCUT2D eigenvalue weighted by atomic mass is 9.70. The average Bonchev–Trinajstić information content (AvgIpc) is 4.01. The minimum Gasteiger partial charge on any atom is -0.455 e. The van der Waals surface area contributed by atoms with Gasteiger partial charge in [-0.2, -0.15) is 0 Å². The molecule has 0 aliphatic heterocycles. The Bertz CT molecular complexity index is 3340. The minimum atomic E-state index is -0.644. The van der Waals surface area contributed by atoms with Crippen LogP contribution in [0.3, 0.4) is 0 Å². The van der Waals surface area contributed by atoms with Crippen molar-refractivity contribution in [2.24, 2.45) is 0 Å². The number of aryl methyl sites for hydroxylation is 2. The molecule has 1 spiro atoms. The van der Waals surface area contributed by atoms with Crippen LogP contribution in [-0.4, -0.2) is 0 Å². The Morgan fingerprint density at radius 2 is 0.909 bits per heavy atom. The summed E-state index contributed by atoms with van der Waals surface area (Å²) >= 11 is 0. The quantitative estimate of drug-likeness (QED) is 0.122. The lowest BCUT2D eigenvalue weighted by Crippen LogP contribution is -2.26. The van der Waals surface area contributed by atoms with E-state index in [1.165, 1.54) is 75.8 Å². The van der Waals surface area contributed by atoms with Gasteiger partial charge in [-0.1, -0.05) is 160 Å². The number of furan rings is 1. The minimum absolute atomic E-state index is 0.644. The van der Waals surface area contributed by atoms with Gasteiger partial charge in [-0.25, -0.2) is 0 Å². The van der Waals surface area contributed by atoms with Gasteiger partial charge in [0.05, 0.1) is 16.5 Å². The van der Waals surface area contributed by atoms with Crippen molar-refractivity contribution < 1.29 is 4.42 Å². The standard InChI is InChI=1S/C63H52N2O/c1-3-5-19-43-31-35-47(36-32-43)64(45-21-9-7-10-22-45)49-39-40-52-56(41-49)63(54-28-16-13-25-50(54)51-26-14-17-29-55(51)63)57-42-58(61-53-27-15-18-30-59(53)66-62(61)60(52)57)65(46-23-11-8-12-24-46)48-37-33-44(34-38-48)20-6-4-2/h7-18,21-42H,3-6,19-20H2,1-2H3. The average molecular weight is 853 g/mol. The second-order valence-electron chi connectivity index (χ2n) is 18.1. The summed E-state index contributed by atoms with van der Waals surface area (Å²) in [6, 6.07) is 76.7. The zero-order valence-electron chi connectivity index (χ0n) is 37.7. The van der Waals surface area contributed by atoms with Crippen LogP contribution in [0.2, 0.25) is 0 Å². The second-order valence-corrected chi connectivity index (χ2v) is 18.1. The van der Waals surface area contributed by atoms with Crippen LogP contribution in [0.25, 0.3) is 44.2 Å². The third kappa shape index (κ3) is 6.25.